The van der Waals surface area contributed by atoms with E-state index in [0.717, 1.165) is 28.1 Å². The Hall–Kier alpha value is -1.92. The number of allylic oxidation sites excluding steroid dienone is 5. The zero-order valence-corrected chi connectivity index (χ0v) is 18.3. The van der Waals surface area contributed by atoms with Crippen LogP contribution in [0.4, 0.5) is 0 Å². The highest BCUT2D eigenvalue weighted by Gasteiger charge is 2.58. The highest BCUT2D eigenvalue weighted by Crippen LogP contribution is 2.59. The maximum absolute atomic E-state index is 13.3. The molecule has 0 N–H and O–H groups in total. The maximum Gasteiger partial charge on any atom is 0.312 e. The number of rotatable bonds is 7. The number of methoxy groups -OCH3 is 4. The molecule has 0 amide bonds. The maximum atomic E-state index is 13.3. The van der Waals surface area contributed by atoms with Gasteiger partial charge in [0.25, 0.3) is 0 Å². The van der Waals surface area contributed by atoms with E-state index in [0.29, 0.717) is 32.1 Å². The van der Waals surface area contributed by atoms with Crippen molar-refractivity contribution in [1.82, 2.24) is 0 Å². The Labute approximate surface area is 172 Å². The molecule has 3 aliphatic carbocycles. The number of carbonyl (C=O) groups excluding carboxylic acids is 2. The quantitative estimate of drug-likeness (QED) is 0.476. The predicted octanol–water partition coefficient (Wildman–Crippen LogP) is 3.72. The lowest BCUT2D eigenvalue weighted by Gasteiger charge is -2.45. The van der Waals surface area contributed by atoms with Crippen LogP contribution in [0.1, 0.15) is 46.0 Å². The van der Waals surface area contributed by atoms with Crippen molar-refractivity contribution < 1.29 is 28.5 Å². The number of carbonyl (C=O) groups is 2. The van der Waals surface area contributed by atoms with Gasteiger partial charge in [0, 0.05) is 45.0 Å². The Bertz CT molecular complexity index is 785. The summed E-state index contributed by atoms with van der Waals surface area (Å²) in [4.78, 5) is 26.4. The Kier molecular flexibility index (Phi) is 6.34. The molecule has 3 aliphatic rings. The lowest BCUT2D eigenvalue weighted by molar-refractivity contribution is -0.167. The van der Waals surface area contributed by atoms with E-state index in [2.05, 4.69) is 6.08 Å². The first-order valence-electron chi connectivity index (χ1n) is 10.2. The largest absolute Gasteiger partial charge is 0.501 e. The first kappa shape index (κ1) is 21.8. The third-order valence-electron chi connectivity index (χ3n) is 7.04. The molecule has 160 valence electrons. The van der Waals surface area contributed by atoms with Gasteiger partial charge in [-0.05, 0) is 42.9 Å². The fourth-order valence-corrected chi connectivity index (χ4v) is 5.55. The van der Waals surface area contributed by atoms with Gasteiger partial charge in [0.1, 0.15) is 0 Å². The molecule has 0 aromatic carbocycles. The molecule has 0 aromatic rings. The Balaban J connectivity index is 2.14. The summed E-state index contributed by atoms with van der Waals surface area (Å²) in [6.45, 7) is 4.03. The molecule has 29 heavy (non-hydrogen) atoms. The van der Waals surface area contributed by atoms with Crippen molar-refractivity contribution in [3.63, 3.8) is 0 Å². The zero-order valence-electron chi connectivity index (χ0n) is 18.3. The predicted molar refractivity (Wildman–Crippen MR) is 108 cm³/mol. The summed E-state index contributed by atoms with van der Waals surface area (Å²) in [6, 6.07) is 0. The zero-order chi connectivity index (χ0) is 21.3. The van der Waals surface area contributed by atoms with Crippen molar-refractivity contribution in [2.75, 3.05) is 28.4 Å². The van der Waals surface area contributed by atoms with Crippen LogP contribution in [0.5, 0.6) is 0 Å². The molecule has 6 heteroatoms. The van der Waals surface area contributed by atoms with Gasteiger partial charge in [-0.1, -0.05) is 12.5 Å². The summed E-state index contributed by atoms with van der Waals surface area (Å²) in [6.07, 6.45) is 4.48. The van der Waals surface area contributed by atoms with Crippen molar-refractivity contribution in [3.8, 4) is 0 Å². The van der Waals surface area contributed by atoms with Gasteiger partial charge in [-0.3, -0.25) is 9.59 Å². The molecule has 0 heterocycles. The molecule has 0 bridgehead atoms. The second-order valence-electron chi connectivity index (χ2n) is 8.34. The molecule has 0 radical (unpaired) electrons. The molecule has 0 aliphatic heterocycles. The van der Waals surface area contributed by atoms with E-state index in [1.54, 1.807) is 21.3 Å². The average molecular weight is 405 g/mol. The van der Waals surface area contributed by atoms with Gasteiger partial charge in [-0.25, -0.2) is 0 Å². The normalized spacial score (nSPS) is 27.6. The Morgan fingerprint density at radius 2 is 1.93 bits per heavy atom. The monoisotopic (exact) mass is 404 g/mol. The van der Waals surface area contributed by atoms with Crippen molar-refractivity contribution in [2.24, 2.45) is 17.3 Å². The molecule has 0 saturated heterocycles. The van der Waals surface area contributed by atoms with E-state index in [1.807, 2.05) is 13.8 Å². The average Bonchev–Trinajstić information content (AvgIpc) is 3.00. The first-order chi connectivity index (χ1) is 13.8. The Morgan fingerprint density at radius 1 is 1.24 bits per heavy atom. The van der Waals surface area contributed by atoms with Crippen LogP contribution in [0.2, 0.25) is 0 Å². The minimum absolute atomic E-state index is 0.0829. The van der Waals surface area contributed by atoms with Crippen LogP contribution in [-0.4, -0.2) is 46.5 Å². The smallest absolute Gasteiger partial charge is 0.312 e. The molecular formula is C23H32O6. The van der Waals surface area contributed by atoms with E-state index in [-0.39, 0.29) is 23.6 Å². The topological polar surface area (TPSA) is 71.1 Å². The number of Topliss-reactive ketones (excluding diaryl/α,β-unsaturated/α-hetero) is 1. The van der Waals surface area contributed by atoms with Gasteiger partial charge >= 0.3 is 5.97 Å². The molecule has 0 spiro atoms. The number of ketones is 1. The third-order valence-corrected chi connectivity index (χ3v) is 7.04. The minimum Gasteiger partial charge on any atom is -0.501 e. The second-order valence-corrected chi connectivity index (χ2v) is 8.34. The molecule has 1 fully saturated rings. The van der Waals surface area contributed by atoms with Gasteiger partial charge in [-0.15, -0.1) is 0 Å². The van der Waals surface area contributed by atoms with E-state index >= 15 is 0 Å². The summed E-state index contributed by atoms with van der Waals surface area (Å²) in [5.41, 5.74) is 3.16. The highest BCUT2D eigenvalue weighted by atomic mass is 16.7. The summed E-state index contributed by atoms with van der Waals surface area (Å²) in [7, 11) is 6.28. The van der Waals surface area contributed by atoms with Gasteiger partial charge in [0.2, 0.25) is 0 Å². The van der Waals surface area contributed by atoms with Crippen LogP contribution in [0.15, 0.2) is 34.1 Å². The van der Waals surface area contributed by atoms with Crippen molar-refractivity contribution in [2.45, 2.75) is 52.2 Å². The SMILES string of the molecule is COC(=O)[C@]1([C@H](C)CC(OC)OC)CCC2=C3C(=C(C)CC(OC)=C2)C(=O)C[C@H]31. The van der Waals surface area contributed by atoms with Crippen LogP contribution in [-0.2, 0) is 28.5 Å². The number of hydrogen-bond acceptors (Lipinski definition) is 6. The van der Waals surface area contributed by atoms with Crippen molar-refractivity contribution >= 4 is 11.8 Å². The van der Waals surface area contributed by atoms with E-state index in [9.17, 15) is 9.59 Å². The van der Waals surface area contributed by atoms with Crippen molar-refractivity contribution in [3.05, 3.63) is 34.1 Å². The second kappa shape index (κ2) is 8.44. The van der Waals surface area contributed by atoms with Crippen LogP contribution >= 0.6 is 0 Å². The molecular weight excluding hydrogens is 372 g/mol. The van der Waals surface area contributed by atoms with Gasteiger partial charge in [0.15, 0.2) is 12.1 Å². The standard InChI is InChI=1S/C23H32O6/c1-13-9-16(26-3)11-15-7-8-23(22(25)29-6,14(2)10-19(27-4)28-5)17-12-18(24)20(13)21(15)17/h11,14,17,19H,7-10,12H2,1-6H3/t14-,17-,23+/m1/s1. The number of ether oxygens (including phenoxy) is 4. The summed E-state index contributed by atoms with van der Waals surface area (Å²) in [5.74, 6) is 0.437. The lowest BCUT2D eigenvalue weighted by Crippen LogP contribution is -2.48. The molecule has 0 aromatic heterocycles. The molecule has 3 rings (SSSR count). The third kappa shape index (κ3) is 3.46. The molecule has 6 nitrogen and oxygen atoms in total. The summed E-state index contributed by atoms with van der Waals surface area (Å²) >= 11 is 0. The van der Waals surface area contributed by atoms with E-state index in [1.165, 1.54) is 7.11 Å². The lowest BCUT2D eigenvalue weighted by atomic mass is 9.58. The number of esters is 1. The van der Waals surface area contributed by atoms with Gasteiger partial charge in [-0.2, -0.15) is 0 Å². The summed E-state index contributed by atoms with van der Waals surface area (Å²) in [5, 5.41) is 0. The first-order valence-corrected chi connectivity index (χ1v) is 10.2. The minimum atomic E-state index is -0.786. The van der Waals surface area contributed by atoms with Gasteiger partial charge < -0.3 is 18.9 Å². The van der Waals surface area contributed by atoms with Crippen LogP contribution < -0.4 is 0 Å². The van der Waals surface area contributed by atoms with Crippen molar-refractivity contribution in [1.29, 1.82) is 0 Å². The Morgan fingerprint density at radius 3 is 2.52 bits per heavy atom. The molecule has 1 saturated carbocycles. The van der Waals surface area contributed by atoms with Crippen LogP contribution in [0, 0.1) is 17.3 Å². The van der Waals surface area contributed by atoms with Crippen LogP contribution in [0.3, 0.4) is 0 Å². The molecule has 3 atom stereocenters. The van der Waals surface area contributed by atoms with Crippen LogP contribution in [0.25, 0.3) is 0 Å². The van der Waals surface area contributed by atoms with Gasteiger partial charge in [0.05, 0.1) is 25.4 Å². The summed E-state index contributed by atoms with van der Waals surface area (Å²) < 4.78 is 21.7. The fourth-order valence-electron chi connectivity index (χ4n) is 5.55. The highest BCUT2D eigenvalue weighted by molar-refractivity contribution is 6.06. The van der Waals surface area contributed by atoms with E-state index in [4.69, 9.17) is 18.9 Å². The molecule has 0 unspecified atom stereocenters. The number of hydrogen-bond donors (Lipinski definition) is 0. The fraction of sp³-hybridized carbons (Fsp3) is 0.652. The van der Waals surface area contributed by atoms with E-state index < -0.39 is 11.7 Å².